The van der Waals surface area contributed by atoms with Crippen LogP contribution >= 0.6 is 0 Å². The SMILES string of the molecule is CC(C)(C)c1cc(F)c(Oc2ccnc(C(F)(F)C3CC(F)(F)C3)c2)c(F)c1. The van der Waals surface area contributed by atoms with E-state index in [9.17, 15) is 26.3 Å². The lowest BCUT2D eigenvalue weighted by molar-refractivity contribution is -0.199. The van der Waals surface area contributed by atoms with Crippen LogP contribution in [0.2, 0.25) is 0 Å². The molecule has 1 heterocycles. The average molecular weight is 403 g/mol. The van der Waals surface area contributed by atoms with E-state index in [2.05, 4.69) is 4.98 Å². The normalized spacial score (nSPS) is 17.3. The molecule has 1 fully saturated rings. The summed E-state index contributed by atoms with van der Waals surface area (Å²) < 4.78 is 88.5. The van der Waals surface area contributed by atoms with Crippen molar-refractivity contribution in [2.75, 3.05) is 0 Å². The number of aromatic nitrogens is 1. The van der Waals surface area contributed by atoms with Gasteiger partial charge < -0.3 is 4.74 Å². The van der Waals surface area contributed by atoms with Gasteiger partial charge in [0.2, 0.25) is 5.92 Å². The van der Waals surface area contributed by atoms with Gasteiger partial charge in [0, 0.05) is 31.0 Å². The van der Waals surface area contributed by atoms with Crippen molar-refractivity contribution in [2.45, 2.75) is 50.9 Å². The monoisotopic (exact) mass is 403 g/mol. The molecule has 0 aliphatic heterocycles. The third-order valence-electron chi connectivity index (χ3n) is 4.76. The van der Waals surface area contributed by atoms with Gasteiger partial charge in [0.25, 0.3) is 5.92 Å². The van der Waals surface area contributed by atoms with E-state index in [1.54, 1.807) is 20.8 Å². The summed E-state index contributed by atoms with van der Waals surface area (Å²) in [4.78, 5) is 3.53. The van der Waals surface area contributed by atoms with Crippen LogP contribution in [0.4, 0.5) is 26.3 Å². The Balaban J connectivity index is 1.86. The Bertz CT molecular complexity index is 860. The number of hydrogen-bond donors (Lipinski definition) is 0. The molecule has 1 aliphatic carbocycles. The number of halogens is 6. The molecule has 8 heteroatoms. The Hall–Kier alpha value is -2.25. The van der Waals surface area contributed by atoms with Crippen LogP contribution in [-0.2, 0) is 11.3 Å². The molecular weight excluding hydrogens is 384 g/mol. The zero-order valence-electron chi connectivity index (χ0n) is 15.5. The first-order valence-electron chi connectivity index (χ1n) is 8.69. The molecule has 0 N–H and O–H groups in total. The number of benzene rings is 1. The van der Waals surface area contributed by atoms with E-state index in [1.807, 2.05) is 0 Å². The standard InChI is InChI=1S/C20H19F6NO/c1-18(2,3)11-6-14(21)17(15(22)7-11)28-13-4-5-27-16(8-13)20(25,26)12-9-19(23,24)10-12/h4-8,12H,9-10H2,1-3H3. The molecule has 152 valence electrons. The smallest absolute Gasteiger partial charge is 0.293 e. The first-order valence-corrected chi connectivity index (χ1v) is 8.69. The van der Waals surface area contributed by atoms with E-state index < -0.39 is 59.1 Å². The Kier molecular flexibility index (Phi) is 4.88. The van der Waals surface area contributed by atoms with Crippen molar-refractivity contribution in [1.82, 2.24) is 4.98 Å². The van der Waals surface area contributed by atoms with E-state index >= 15 is 0 Å². The van der Waals surface area contributed by atoms with E-state index in [1.165, 1.54) is 0 Å². The minimum Gasteiger partial charge on any atom is -0.451 e. The first kappa shape index (κ1) is 20.5. The zero-order valence-corrected chi connectivity index (χ0v) is 15.5. The minimum absolute atomic E-state index is 0.267. The van der Waals surface area contributed by atoms with Crippen molar-refractivity contribution in [3.05, 3.63) is 53.4 Å². The van der Waals surface area contributed by atoms with Crippen molar-refractivity contribution < 1.29 is 31.1 Å². The lowest BCUT2D eigenvalue weighted by atomic mass is 9.76. The van der Waals surface area contributed by atoms with Gasteiger partial charge in [-0.15, -0.1) is 0 Å². The molecule has 0 amide bonds. The molecule has 0 spiro atoms. The summed E-state index contributed by atoms with van der Waals surface area (Å²) in [5.74, 6) is -11.2. The molecule has 1 saturated carbocycles. The van der Waals surface area contributed by atoms with Gasteiger partial charge in [-0.3, -0.25) is 4.98 Å². The van der Waals surface area contributed by atoms with Gasteiger partial charge in [0.15, 0.2) is 17.4 Å². The summed E-state index contributed by atoms with van der Waals surface area (Å²) in [5.41, 5.74) is -0.878. The molecule has 0 saturated heterocycles. The van der Waals surface area contributed by atoms with Crippen molar-refractivity contribution in [1.29, 1.82) is 0 Å². The highest BCUT2D eigenvalue weighted by Crippen LogP contribution is 2.53. The molecule has 2 aromatic rings. The van der Waals surface area contributed by atoms with Crippen LogP contribution in [0.5, 0.6) is 11.5 Å². The van der Waals surface area contributed by atoms with Gasteiger partial charge in [-0.05, 0) is 29.2 Å². The van der Waals surface area contributed by atoms with E-state index in [0.717, 1.165) is 30.5 Å². The van der Waals surface area contributed by atoms with Crippen molar-refractivity contribution in [2.24, 2.45) is 5.92 Å². The number of nitrogens with zero attached hydrogens (tertiary/aromatic N) is 1. The zero-order chi connectivity index (χ0) is 20.9. The molecule has 3 rings (SSSR count). The second-order valence-corrected chi connectivity index (χ2v) is 8.08. The number of hydrogen-bond acceptors (Lipinski definition) is 2. The predicted molar refractivity (Wildman–Crippen MR) is 90.9 cm³/mol. The first-order chi connectivity index (χ1) is 12.8. The maximum Gasteiger partial charge on any atom is 0.293 e. The fraction of sp³-hybridized carbons (Fsp3) is 0.450. The van der Waals surface area contributed by atoms with Gasteiger partial charge in [0.05, 0.1) is 0 Å². The second kappa shape index (κ2) is 6.67. The molecule has 1 aliphatic rings. The van der Waals surface area contributed by atoms with Crippen LogP contribution < -0.4 is 4.74 Å². The minimum atomic E-state index is -3.60. The van der Waals surface area contributed by atoms with E-state index in [0.29, 0.717) is 5.56 Å². The summed E-state index contributed by atoms with van der Waals surface area (Å²) in [6.45, 7) is 5.34. The molecule has 0 radical (unpaired) electrons. The predicted octanol–water partition coefficient (Wildman–Crippen LogP) is 6.59. The van der Waals surface area contributed by atoms with Crippen LogP contribution in [-0.4, -0.2) is 10.9 Å². The van der Waals surface area contributed by atoms with Crippen molar-refractivity contribution in [3.8, 4) is 11.5 Å². The summed E-state index contributed by atoms with van der Waals surface area (Å²) >= 11 is 0. The molecule has 1 aromatic heterocycles. The summed E-state index contributed by atoms with van der Waals surface area (Å²) in [5, 5.41) is 0. The fourth-order valence-corrected chi connectivity index (χ4v) is 2.99. The summed E-state index contributed by atoms with van der Waals surface area (Å²) in [6, 6.07) is 4.20. The Morgan fingerprint density at radius 3 is 2.11 bits per heavy atom. The number of pyridine rings is 1. The lowest BCUT2D eigenvalue weighted by Crippen LogP contribution is -2.44. The highest BCUT2D eigenvalue weighted by molar-refractivity contribution is 5.38. The molecule has 0 unspecified atom stereocenters. The Morgan fingerprint density at radius 2 is 1.61 bits per heavy atom. The van der Waals surface area contributed by atoms with Crippen molar-refractivity contribution in [3.63, 3.8) is 0 Å². The van der Waals surface area contributed by atoms with Crippen molar-refractivity contribution >= 4 is 0 Å². The maximum atomic E-state index is 14.4. The lowest BCUT2D eigenvalue weighted by Gasteiger charge is -2.39. The quantitative estimate of drug-likeness (QED) is 0.538. The maximum absolute atomic E-state index is 14.4. The topological polar surface area (TPSA) is 22.1 Å². The van der Waals surface area contributed by atoms with Gasteiger partial charge in [-0.2, -0.15) is 8.78 Å². The van der Waals surface area contributed by atoms with Crippen LogP contribution in [0.1, 0.15) is 44.9 Å². The number of ether oxygens (including phenoxy) is 1. The largest absolute Gasteiger partial charge is 0.451 e. The van der Waals surface area contributed by atoms with Gasteiger partial charge in [0.1, 0.15) is 11.4 Å². The van der Waals surface area contributed by atoms with E-state index in [-0.39, 0.29) is 5.75 Å². The van der Waals surface area contributed by atoms with E-state index in [4.69, 9.17) is 4.74 Å². The second-order valence-electron chi connectivity index (χ2n) is 8.08. The van der Waals surface area contributed by atoms with Crippen LogP contribution in [0.25, 0.3) is 0 Å². The molecule has 28 heavy (non-hydrogen) atoms. The molecule has 1 aromatic carbocycles. The molecule has 0 atom stereocenters. The van der Waals surface area contributed by atoms with Crippen LogP contribution in [0.3, 0.4) is 0 Å². The Labute approximate surface area is 158 Å². The van der Waals surface area contributed by atoms with Crippen LogP contribution in [0, 0.1) is 17.6 Å². The molecule has 2 nitrogen and oxygen atoms in total. The van der Waals surface area contributed by atoms with Gasteiger partial charge in [-0.25, -0.2) is 17.6 Å². The number of rotatable bonds is 4. The number of alkyl halides is 4. The average Bonchev–Trinajstić information content (AvgIpc) is 2.55. The Morgan fingerprint density at radius 1 is 1.04 bits per heavy atom. The summed E-state index contributed by atoms with van der Waals surface area (Å²) in [6.07, 6.45) is -0.900. The van der Waals surface area contributed by atoms with Gasteiger partial charge in [-0.1, -0.05) is 20.8 Å². The van der Waals surface area contributed by atoms with Gasteiger partial charge >= 0.3 is 0 Å². The third-order valence-corrected chi connectivity index (χ3v) is 4.76. The summed E-state index contributed by atoms with van der Waals surface area (Å²) in [7, 11) is 0. The van der Waals surface area contributed by atoms with Crippen LogP contribution in [0.15, 0.2) is 30.5 Å². The molecular formula is C20H19F6NO. The highest BCUT2D eigenvalue weighted by atomic mass is 19.3. The fourth-order valence-electron chi connectivity index (χ4n) is 2.99. The molecule has 0 bridgehead atoms. The highest BCUT2D eigenvalue weighted by Gasteiger charge is 2.57. The third kappa shape index (κ3) is 3.95.